The highest BCUT2D eigenvalue weighted by Crippen LogP contribution is 2.21. The Kier molecular flexibility index (Phi) is 11.7. The minimum Gasteiger partial charge on any atom is -0.361 e. The van der Waals surface area contributed by atoms with Gasteiger partial charge in [0.2, 0.25) is 11.8 Å². The molecule has 1 saturated carbocycles. The highest BCUT2D eigenvalue weighted by Gasteiger charge is 2.32. The highest BCUT2D eigenvalue weighted by molar-refractivity contribution is 7.80. The van der Waals surface area contributed by atoms with Crippen LogP contribution in [0.1, 0.15) is 37.3 Å². The van der Waals surface area contributed by atoms with E-state index >= 15 is 0 Å². The molecule has 0 radical (unpaired) electrons. The number of carbonyl (C=O) groups excluding carboxylic acids is 2. The Bertz CT molecular complexity index is 1410. The third kappa shape index (κ3) is 9.63. The topological polar surface area (TPSA) is 90.7 Å². The Labute approximate surface area is 261 Å². The highest BCUT2D eigenvalue weighted by atomic mass is 32.1. The normalized spacial score (nSPS) is 15.1. The molecule has 0 bridgehead atoms. The number of nitrogens with zero attached hydrogens (tertiary/aromatic N) is 2. The van der Waals surface area contributed by atoms with E-state index in [4.69, 9.17) is 18.0 Å². The van der Waals surface area contributed by atoms with Crippen molar-refractivity contribution in [3.8, 4) is 0 Å². The van der Waals surface area contributed by atoms with Gasteiger partial charge in [-0.05, 0) is 78.3 Å². The van der Waals surface area contributed by atoms with E-state index in [0.717, 1.165) is 34.7 Å². The third-order valence-corrected chi connectivity index (χ3v) is 8.43. The summed E-state index contributed by atoms with van der Waals surface area (Å²) in [7, 11) is 3.55. The van der Waals surface area contributed by atoms with Crippen LogP contribution in [0.4, 0.5) is 0 Å². The molecule has 0 heterocycles. The lowest BCUT2D eigenvalue weighted by Crippen LogP contribution is -2.55. The van der Waals surface area contributed by atoms with Gasteiger partial charge in [0.15, 0.2) is 5.11 Å². The van der Waals surface area contributed by atoms with E-state index in [2.05, 4.69) is 47.0 Å². The fourth-order valence-electron chi connectivity index (χ4n) is 5.07. The van der Waals surface area contributed by atoms with Crippen LogP contribution >= 0.6 is 12.2 Å². The molecule has 1 aliphatic carbocycles. The molecule has 3 aromatic carbocycles. The van der Waals surface area contributed by atoms with Crippen LogP contribution < -0.4 is 16.4 Å². The number of amides is 2. The summed E-state index contributed by atoms with van der Waals surface area (Å²) in [4.78, 5) is 31.1. The molecular formula is C35H45N5O2S. The zero-order valence-electron chi connectivity index (χ0n) is 25.5. The van der Waals surface area contributed by atoms with Crippen molar-refractivity contribution in [1.29, 1.82) is 0 Å². The first-order valence-corrected chi connectivity index (χ1v) is 15.6. The van der Waals surface area contributed by atoms with Gasteiger partial charge in [-0.15, -0.1) is 0 Å². The molecule has 3 aromatic rings. The van der Waals surface area contributed by atoms with E-state index in [0.29, 0.717) is 43.5 Å². The van der Waals surface area contributed by atoms with E-state index in [1.807, 2.05) is 56.4 Å². The summed E-state index contributed by atoms with van der Waals surface area (Å²) in [5.41, 5.74) is 7.88. The van der Waals surface area contributed by atoms with Crippen molar-refractivity contribution >= 4 is 39.9 Å². The van der Waals surface area contributed by atoms with Gasteiger partial charge < -0.3 is 26.2 Å². The van der Waals surface area contributed by atoms with Crippen molar-refractivity contribution in [2.45, 2.75) is 57.2 Å². The van der Waals surface area contributed by atoms with Gasteiger partial charge in [-0.3, -0.25) is 9.59 Å². The summed E-state index contributed by atoms with van der Waals surface area (Å²) in [6, 6.07) is 24.1. The smallest absolute Gasteiger partial charge is 0.246 e. The summed E-state index contributed by atoms with van der Waals surface area (Å²) in [6.45, 7) is 3.10. The summed E-state index contributed by atoms with van der Waals surface area (Å²) in [5, 5.41) is 9.51. The number of rotatable bonds is 14. The molecular weight excluding hydrogens is 554 g/mol. The number of nitrogens with two attached hydrogens (primary N) is 1. The Morgan fingerprint density at radius 2 is 1.65 bits per heavy atom. The first-order valence-electron chi connectivity index (χ1n) is 15.2. The van der Waals surface area contributed by atoms with Gasteiger partial charge >= 0.3 is 0 Å². The van der Waals surface area contributed by atoms with E-state index in [1.54, 1.807) is 22.9 Å². The second-order valence-corrected chi connectivity index (χ2v) is 12.2. The fourth-order valence-corrected chi connectivity index (χ4v) is 5.32. The number of thiocarbonyl (C=S) groups is 1. The molecule has 0 saturated heterocycles. The second kappa shape index (κ2) is 15.6. The van der Waals surface area contributed by atoms with Crippen molar-refractivity contribution < 1.29 is 9.59 Å². The molecule has 2 amide bonds. The van der Waals surface area contributed by atoms with E-state index in [9.17, 15) is 9.59 Å². The molecule has 4 rings (SSSR count). The summed E-state index contributed by atoms with van der Waals surface area (Å²) in [5.74, 6) is -0.0388. The number of hydrogen-bond acceptors (Lipinski definition) is 4. The molecule has 228 valence electrons. The van der Waals surface area contributed by atoms with Crippen molar-refractivity contribution in [3.63, 3.8) is 0 Å². The zero-order valence-corrected chi connectivity index (χ0v) is 26.4. The maximum absolute atomic E-state index is 14.4. The van der Waals surface area contributed by atoms with Crippen LogP contribution in [0.15, 0.2) is 84.9 Å². The zero-order chi connectivity index (χ0) is 30.8. The molecule has 1 aliphatic rings. The lowest BCUT2D eigenvalue weighted by molar-refractivity contribution is -0.142. The molecule has 43 heavy (non-hydrogen) atoms. The van der Waals surface area contributed by atoms with Gasteiger partial charge in [0, 0.05) is 33.1 Å². The number of nitrogens with one attached hydrogen (secondary N) is 2. The van der Waals surface area contributed by atoms with Gasteiger partial charge in [-0.2, -0.15) is 0 Å². The maximum Gasteiger partial charge on any atom is 0.246 e. The van der Waals surface area contributed by atoms with Crippen LogP contribution in [-0.2, 0) is 22.4 Å². The number of likely N-dealkylation sites (N-methyl/N-ethyl adjacent to an activating group) is 2. The Morgan fingerprint density at radius 3 is 2.35 bits per heavy atom. The summed E-state index contributed by atoms with van der Waals surface area (Å²) < 4.78 is 0. The number of fused-ring (bicyclic) bond motifs is 1. The predicted molar refractivity (Wildman–Crippen MR) is 180 cm³/mol. The molecule has 0 aromatic heterocycles. The van der Waals surface area contributed by atoms with Gasteiger partial charge in [-0.1, -0.05) is 85.8 Å². The first kappa shape index (κ1) is 32.2. The van der Waals surface area contributed by atoms with Crippen molar-refractivity contribution in [3.05, 3.63) is 96.1 Å². The molecule has 4 N–H and O–H groups in total. The van der Waals surface area contributed by atoms with Crippen LogP contribution in [-0.4, -0.2) is 72.0 Å². The molecule has 1 unspecified atom stereocenters. The predicted octanol–water partition coefficient (Wildman–Crippen LogP) is 4.45. The number of carbonyl (C=O) groups is 2. The van der Waals surface area contributed by atoms with Crippen molar-refractivity contribution in [1.82, 2.24) is 20.4 Å². The lowest BCUT2D eigenvalue weighted by Gasteiger charge is -2.35. The number of allylic oxidation sites excluding steroid dienone is 1. The molecule has 3 atom stereocenters. The minimum atomic E-state index is -0.690. The number of hydrogen-bond donors (Lipinski definition) is 3. The molecule has 0 spiro atoms. The summed E-state index contributed by atoms with van der Waals surface area (Å²) in [6.07, 6.45) is 7.44. The van der Waals surface area contributed by atoms with Gasteiger partial charge in [-0.25, -0.2) is 0 Å². The maximum atomic E-state index is 14.4. The largest absolute Gasteiger partial charge is 0.361 e. The SMILES string of the molecule is CC(CN)CC=CC(=O)N(C)[C@H](Cc1ccc2ccccc2c1)C(=O)N(C)[C@@H](CNC(=S)NC1CC1)Cc1ccccc1. The Hall–Kier alpha value is -3.75. The number of benzene rings is 3. The van der Waals surface area contributed by atoms with Crippen LogP contribution in [0.3, 0.4) is 0 Å². The molecule has 0 aliphatic heterocycles. The second-order valence-electron chi connectivity index (χ2n) is 11.8. The van der Waals surface area contributed by atoms with E-state index < -0.39 is 6.04 Å². The van der Waals surface area contributed by atoms with Gasteiger partial charge in [0.05, 0.1) is 6.04 Å². The first-order chi connectivity index (χ1) is 20.7. The van der Waals surface area contributed by atoms with Crippen LogP contribution in [0.2, 0.25) is 0 Å². The monoisotopic (exact) mass is 599 g/mol. The lowest BCUT2D eigenvalue weighted by atomic mass is 9.98. The molecule has 1 fully saturated rings. The van der Waals surface area contributed by atoms with Crippen LogP contribution in [0, 0.1) is 5.92 Å². The van der Waals surface area contributed by atoms with Gasteiger partial charge in [0.25, 0.3) is 0 Å². The standard InChI is InChI=1S/C35H45N5O2S/c1-25(23-36)10-9-15-33(41)40(3)32(22-27-16-17-28-13-7-8-14-29(28)20-27)34(42)39(2)31(21-26-11-5-4-6-12-26)24-37-35(43)38-30-18-19-30/h4-9,11-17,20,25,30-32H,10,18-19,21-24,36H2,1-3H3,(H2,37,38,43)/t25?,31-,32-/m1/s1. The quantitative estimate of drug-likeness (QED) is 0.188. The third-order valence-electron chi connectivity index (χ3n) is 8.16. The molecule has 8 heteroatoms. The fraction of sp³-hybridized carbons (Fsp3) is 0.400. The summed E-state index contributed by atoms with van der Waals surface area (Å²) >= 11 is 5.53. The van der Waals surface area contributed by atoms with E-state index in [1.165, 1.54) is 0 Å². The average molecular weight is 600 g/mol. The Morgan fingerprint density at radius 1 is 0.953 bits per heavy atom. The van der Waals surface area contributed by atoms with Crippen LogP contribution in [0.25, 0.3) is 10.8 Å². The molecule has 7 nitrogen and oxygen atoms in total. The van der Waals surface area contributed by atoms with Crippen LogP contribution in [0.5, 0.6) is 0 Å². The van der Waals surface area contributed by atoms with E-state index in [-0.39, 0.29) is 23.8 Å². The minimum absolute atomic E-state index is 0.114. The van der Waals surface area contributed by atoms with Crippen molar-refractivity contribution in [2.24, 2.45) is 11.7 Å². The Balaban J connectivity index is 1.58. The average Bonchev–Trinajstić information content (AvgIpc) is 3.85. The van der Waals surface area contributed by atoms with Gasteiger partial charge in [0.1, 0.15) is 6.04 Å². The van der Waals surface area contributed by atoms with Crippen molar-refractivity contribution in [2.75, 3.05) is 27.2 Å².